The molecule has 0 spiro atoms. The van der Waals surface area contributed by atoms with E-state index in [4.69, 9.17) is 10.4 Å². The summed E-state index contributed by atoms with van der Waals surface area (Å²) in [7, 11) is -1.75. The molecular formula is C16H20N4O4S. The molecule has 1 heterocycles. The standard InChI is InChI=1S/C15H16N4O.CH4O3S/c1-19-12-8-4-6-10-5-2-3-7-11(13(10)12)14(19)15(20)17-9-18-16;1-5(2,3)4/h2,4-6,8-9H,3,7,16H2,1H3,(H,17,18,20);1H3,(H,2,3,4). The fourth-order valence-corrected chi connectivity index (χ4v) is 2.88. The molecule has 8 nitrogen and oxygen atoms in total. The predicted octanol–water partition coefficient (Wildman–Crippen LogP) is 1.27. The van der Waals surface area contributed by atoms with Crippen LogP contribution in [0.25, 0.3) is 17.0 Å². The van der Waals surface area contributed by atoms with Gasteiger partial charge in [0, 0.05) is 18.0 Å². The Morgan fingerprint density at radius 3 is 2.76 bits per heavy atom. The fraction of sp³-hybridized carbons (Fsp3) is 0.250. The largest absolute Gasteiger partial charge is 0.339 e. The van der Waals surface area contributed by atoms with Gasteiger partial charge >= 0.3 is 0 Å². The summed E-state index contributed by atoms with van der Waals surface area (Å²) >= 11 is 0. The Morgan fingerprint density at radius 1 is 1.44 bits per heavy atom. The summed E-state index contributed by atoms with van der Waals surface area (Å²) in [4.78, 5) is 12.3. The highest BCUT2D eigenvalue weighted by Gasteiger charge is 2.22. The Hall–Kier alpha value is -2.65. The minimum Gasteiger partial charge on any atom is -0.339 e. The minimum absolute atomic E-state index is 0.180. The molecule has 25 heavy (non-hydrogen) atoms. The molecule has 1 amide bonds. The number of aryl methyl sites for hydroxylation is 2. The number of hydrogen-bond donors (Lipinski definition) is 3. The first-order valence-corrected chi connectivity index (χ1v) is 9.30. The van der Waals surface area contributed by atoms with Crippen molar-refractivity contribution in [2.75, 3.05) is 6.26 Å². The first-order chi connectivity index (χ1) is 11.7. The van der Waals surface area contributed by atoms with Gasteiger partial charge in [0.05, 0.1) is 6.26 Å². The maximum Gasteiger partial charge on any atom is 0.273 e. The van der Waals surface area contributed by atoms with Crippen LogP contribution in [0.4, 0.5) is 0 Å². The molecule has 0 aliphatic heterocycles. The van der Waals surface area contributed by atoms with Crippen molar-refractivity contribution in [3.63, 3.8) is 0 Å². The van der Waals surface area contributed by atoms with Crippen molar-refractivity contribution in [2.24, 2.45) is 18.0 Å². The highest BCUT2D eigenvalue weighted by atomic mass is 32.2. The van der Waals surface area contributed by atoms with Crippen molar-refractivity contribution in [3.05, 3.63) is 41.1 Å². The fourth-order valence-electron chi connectivity index (χ4n) is 2.88. The van der Waals surface area contributed by atoms with Crippen molar-refractivity contribution in [3.8, 4) is 0 Å². The number of hydrazone groups is 1. The Morgan fingerprint density at radius 2 is 2.12 bits per heavy atom. The molecule has 3 rings (SSSR count). The summed E-state index contributed by atoms with van der Waals surface area (Å²) in [6.07, 6.45) is 7.99. The number of carbonyl (C=O) groups excluding carboxylic acids is 1. The van der Waals surface area contributed by atoms with Crippen molar-refractivity contribution in [2.45, 2.75) is 12.8 Å². The molecule has 0 saturated heterocycles. The number of rotatable bonds is 2. The molecule has 0 atom stereocenters. The van der Waals surface area contributed by atoms with Crippen LogP contribution in [0.3, 0.4) is 0 Å². The van der Waals surface area contributed by atoms with E-state index in [-0.39, 0.29) is 5.91 Å². The van der Waals surface area contributed by atoms with Crippen molar-refractivity contribution < 1.29 is 17.8 Å². The van der Waals surface area contributed by atoms with E-state index in [1.54, 1.807) is 0 Å². The smallest absolute Gasteiger partial charge is 0.273 e. The molecular weight excluding hydrogens is 344 g/mol. The molecule has 1 aromatic heterocycles. The molecule has 0 fully saturated rings. The number of aromatic nitrogens is 1. The van der Waals surface area contributed by atoms with Crippen molar-refractivity contribution in [1.29, 1.82) is 0 Å². The van der Waals surface area contributed by atoms with Gasteiger partial charge in [0.2, 0.25) is 0 Å². The van der Waals surface area contributed by atoms with Gasteiger partial charge < -0.3 is 15.7 Å². The molecule has 0 unspecified atom stereocenters. The van der Waals surface area contributed by atoms with Crippen LogP contribution in [-0.2, 0) is 23.6 Å². The maximum absolute atomic E-state index is 12.3. The van der Waals surface area contributed by atoms with Gasteiger partial charge in [-0.3, -0.25) is 9.35 Å². The highest BCUT2D eigenvalue weighted by Crippen LogP contribution is 2.32. The quantitative estimate of drug-likeness (QED) is 0.243. The molecule has 0 bridgehead atoms. The Balaban J connectivity index is 0.000000399. The van der Waals surface area contributed by atoms with E-state index in [1.807, 2.05) is 23.7 Å². The topological polar surface area (TPSA) is 127 Å². The third kappa shape index (κ3) is 4.46. The number of allylic oxidation sites excluding steroid dienone is 1. The first-order valence-electron chi connectivity index (χ1n) is 7.46. The molecule has 1 aliphatic carbocycles. The summed E-state index contributed by atoms with van der Waals surface area (Å²) < 4.78 is 27.8. The van der Waals surface area contributed by atoms with Crippen molar-refractivity contribution in [1.82, 2.24) is 9.88 Å². The Kier molecular flexibility index (Phi) is 5.60. The van der Waals surface area contributed by atoms with Gasteiger partial charge in [0.15, 0.2) is 0 Å². The van der Waals surface area contributed by atoms with E-state index in [2.05, 4.69) is 28.6 Å². The van der Waals surface area contributed by atoms with Crippen LogP contribution in [0.1, 0.15) is 28.0 Å². The number of nitrogens with zero attached hydrogens (tertiary/aromatic N) is 2. The average Bonchev–Trinajstić information content (AvgIpc) is 2.68. The Labute approximate surface area is 145 Å². The van der Waals surface area contributed by atoms with E-state index in [9.17, 15) is 13.2 Å². The summed E-state index contributed by atoms with van der Waals surface area (Å²) in [5.41, 5.74) is 4.00. The first kappa shape index (κ1) is 18.7. The zero-order chi connectivity index (χ0) is 18.6. The molecule has 2 aromatic rings. The van der Waals surface area contributed by atoms with Gasteiger partial charge in [-0.15, -0.1) is 0 Å². The Bertz CT molecular complexity index is 950. The lowest BCUT2D eigenvalue weighted by molar-refractivity contribution is 0.0970. The number of amides is 1. The SMILES string of the molecule is CS(=O)(=O)O.Cn1c(C(=O)NC=NN)c2c3c(cccc31)C=CCC2. The lowest BCUT2D eigenvalue weighted by Gasteiger charge is -2.05. The average molecular weight is 364 g/mol. The second kappa shape index (κ2) is 7.49. The third-order valence-electron chi connectivity index (χ3n) is 3.70. The molecule has 4 N–H and O–H groups in total. The van der Waals surface area contributed by atoms with E-state index in [0.29, 0.717) is 11.9 Å². The lowest BCUT2D eigenvalue weighted by atomic mass is 10.0. The van der Waals surface area contributed by atoms with Crippen molar-refractivity contribution >= 4 is 39.3 Å². The molecule has 1 aliphatic rings. The summed E-state index contributed by atoms with van der Waals surface area (Å²) in [5, 5.41) is 7.07. The predicted molar refractivity (Wildman–Crippen MR) is 97.9 cm³/mol. The van der Waals surface area contributed by atoms with Gasteiger partial charge in [0.25, 0.3) is 16.0 Å². The highest BCUT2D eigenvalue weighted by molar-refractivity contribution is 7.85. The van der Waals surface area contributed by atoms with E-state index in [0.717, 1.165) is 29.5 Å². The van der Waals surface area contributed by atoms with Crippen LogP contribution in [-0.4, -0.2) is 36.0 Å². The van der Waals surface area contributed by atoms with Crippen LogP contribution in [0.15, 0.2) is 29.4 Å². The number of benzene rings is 1. The number of nitrogens with two attached hydrogens (primary N) is 1. The van der Waals surface area contributed by atoms with Gasteiger partial charge in [-0.25, -0.2) is 0 Å². The molecule has 9 heteroatoms. The van der Waals surface area contributed by atoms with Crippen LogP contribution in [0.5, 0.6) is 0 Å². The van der Waals surface area contributed by atoms with Crippen LogP contribution >= 0.6 is 0 Å². The maximum atomic E-state index is 12.3. The molecule has 0 saturated carbocycles. The molecule has 134 valence electrons. The van der Waals surface area contributed by atoms with E-state index < -0.39 is 10.1 Å². The normalized spacial score (nSPS) is 13.4. The van der Waals surface area contributed by atoms with Gasteiger partial charge in [-0.05, 0) is 30.0 Å². The second-order valence-corrected chi connectivity index (χ2v) is 7.02. The van der Waals surface area contributed by atoms with E-state index >= 15 is 0 Å². The zero-order valence-corrected chi connectivity index (χ0v) is 14.7. The van der Waals surface area contributed by atoms with Gasteiger partial charge in [0.1, 0.15) is 12.0 Å². The summed E-state index contributed by atoms with van der Waals surface area (Å²) in [6.45, 7) is 0. The van der Waals surface area contributed by atoms with Crippen LogP contribution in [0.2, 0.25) is 0 Å². The lowest BCUT2D eigenvalue weighted by Crippen LogP contribution is -2.25. The van der Waals surface area contributed by atoms with Crippen LogP contribution in [0, 0.1) is 0 Å². The van der Waals surface area contributed by atoms with Crippen LogP contribution < -0.4 is 11.2 Å². The summed E-state index contributed by atoms with van der Waals surface area (Å²) in [6, 6.07) is 6.13. The minimum atomic E-state index is -3.67. The molecule has 0 radical (unpaired) electrons. The summed E-state index contributed by atoms with van der Waals surface area (Å²) in [5.74, 6) is 4.86. The number of carbonyl (C=O) groups is 1. The molecule has 1 aromatic carbocycles. The van der Waals surface area contributed by atoms with E-state index in [1.165, 1.54) is 11.7 Å². The van der Waals surface area contributed by atoms with Gasteiger partial charge in [-0.2, -0.15) is 13.5 Å². The van der Waals surface area contributed by atoms with Gasteiger partial charge in [-0.1, -0.05) is 24.3 Å². The zero-order valence-electron chi connectivity index (χ0n) is 13.9. The number of nitrogens with one attached hydrogen (secondary N) is 1. The number of hydrogen-bond acceptors (Lipinski definition) is 5. The monoisotopic (exact) mass is 364 g/mol. The third-order valence-corrected chi connectivity index (χ3v) is 3.70. The second-order valence-electron chi connectivity index (χ2n) is 5.55.